The average molecular weight is 274 g/mol. The van der Waals surface area contributed by atoms with Gasteiger partial charge in [0, 0.05) is 17.0 Å². The third kappa shape index (κ3) is 3.95. The summed E-state index contributed by atoms with van der Waals surface area (Å²) in [7, 11) is 0. The molecule has 18 heavy (non-hydrogen) atoms. The minimum Gasteiger partial charge on any atom is -0.258 e. The van der Waals surface area contributed by atoms with Crippen LogP contribution in [0.4, 0.5) is 10.1 Å². The van der Waals surface area contributed by atoms with E-state index >= 15 is 0 Å². The van der Waals surface area contributed by atoms with Crippen molar-refractivity contribution in [2.24, 2.45) is 5.41 Å². The van der Waals surface area contributed by atoms with Gasteiger partial charge >= 0.3 is 0 Å². The van der Waals surface area contributed by atoms with Crippen LogP contribution in [0.25, 0.3) is 0 Å². The lowest BCUT2D eigenvalue weighted by Gasteiger charge is -2.24. The second-order valence-electron chi connectivity index (χ2n) is 5.40. The maximum absolute atomic E-state index is 13.1. The maximum Gasteiger partial charge on any atom is 0.272 e. The van der Waals surface area contributed by atoms with Gasteiger partial charge < -0.3 is 0 Å². The number of aryl methyl sites for hydroxylation is 1. The van der Waals surface area contributed by atoms with Crippen molar-refractivity contribution < 1.29 is 9.31 Å². The quantitative estimate of drug-likeness (QED) is 0.466. The zero-order valence-corrected chi connectivity index (χ0v) is 11.5. The van der Waals surface area contributed by atoms with Crippen LogP contribution in [0.15, 0.2) is 18.2 Å². The Kier molecular flexibility index (Phi) is 4.68. The Morgan fingerprint density at radius 2 is 2.06 bits per heavy atom. The molecule has 1 rings (SSSR count). The molecule has 3 nitrogen and oxygen atoms in total. The number of nitro benzene ring substituents is 1. The molecule has 0 radical (unpaired) electrons. The van der Waals surface area contributed by atoms with Crippen LogP contribution in [-0.2, 0) is 6.42 Å². The molecule has 0 amide bonds. The molecule has 0 aromatic heterocycles. The van der Waals surface area contributed by atoms with Crippen molar-refractivity contribution >= 4 is 17.3 Å². The van der Waals surface area contributed by atoms with Crippen LogP contribution in [0, 0.1) is 21.3 Å². The van der Waals surface area contributed by atoms with Crippen LogP contribution in [0.5, 0.6) is 0 Å². The van der Waals surface area contributed by atoms with E-state index in [1.165, 1.54) is 12.1 Å². The van der Waals surface area contributed by atoms with Crippen LogP contribution in [-0.4, -0.2) is 10.3 Å². The molecule has 0 aliphatic carbocycles. The van der Waals surface area contributed by atoms with E-state index in [9.17, 15) is 14.5 Å². The number of nitrogens with zero attached hydrogens (tertiary/aromatic N) is 1. The molecule has 1 aromatic rings. The van der Waals surface area contributed by atoms with Crippen molar-refractivity contribution in [3.8, 4) is 0 Å². The molecule has 0 saturated carbocycles. The van der Waals surface area contributed by atoms with Crippen molar-refractivity contribution in [1.82, 2.24) is 0 Å². The first-order valence-electron chi connectivity index (χ1n) is 5.78. The summed E-state index contributed by atoms with van der Waals surface area (Å²) in [6.45, 7) is 6.01. The number of hydrogen-bond donors (Lipinski definition) is 0. The van der Waals surface area contributed by atoms with E-state index in [1.54, 1.807) is 0 Å². The molecule has 0 bridgehead atoms. The summed E-state index contributed by atoms with van der Waals surface area (Å²) in [5.41, 5.74) is 0.271. The SMILES string of the molecule is CC(C)(C)C(Cl)CCc1cc(F)ccc1[N+](=O)[O-]. The van der Waals surface area contributed by atoms with Gasteiger partial charge in [-0.05, 0) is 30.4 Å². The lowest BCUT2D eigenvalue weighted by Crippen LogP contribution is -2.21. The van der Waals surface area contributed by atoms with E-state index in [0.29, 0.717) is 18.4 Å². The minimum absolute atomic E-state index is 0.0471. The molecule has 1 atom stereocenters. The second-order valence-corrected chi connectivity index (χ2v) is 5.93. The number of rotatable bonds is 4. The number of hydrogen-bond acceptors (Lipinski definition) is 2. The second kappa shape index (κ2) is 5.65. The summed E-state index contributed by atoms with van der Waals surface area (Å²) in [6, 6.07) is 3.51. The third-order valence-corrected chi connectivity index (χ3v) is 3.72. The van der Waals surface area contributed by atoms with Crippen molar-refractivity contribution in [2.45, 2.75) is 39.0 Å². The predicted molar refractivity (Wildman–Crippen MR) is 70.5 cm³/mol. The van der Waals surface area contributed by atoms with Gasteiger partial charge in [0.1, 0.15) is 5.82 Å². The lowest BCUT2D eigenvalue weighted by molar-refractivity contribution is -0.385. The fraction of sp³-hybridized carbons (Fsp3) is 0.538. The molecular formula is C13H17ClFNO2. The first-order chi connectivity index (χ1) is 8.21. The van der Waals surface area contributed by atoms with Crippen LogP contribution >= 0.6 is 11.6 Å². The van der Waals surface area contributed by atoms with Crippen molar-refractivity contribution in [1.29, 1.82) is 0 Å². The normalized spacial score (nSPS) is 13.4. The lowest BCUT2D eigenvalue weighted by atomic mass is 9.88. The largest absolute Gasteiger partial charge is 0.272 e. The number of nitro groups is 1. The molecular weight excluding hydrogens is 257 g/mol. The molecule has 0 N–H and O–H groups in total. The zero-order valence-electron chi connectivity index (χ0n) is 10.7. The van der Waals surface area contributed by atoms with E-state index < -0.39 is 10.7 Å². The van der Waals surface area contributed by atoms with Gasteiger partial charge in [-0.25, -0.2) is 4.39 Å². The fourth-order valence-electron chi connectivity index (χ4n) is 1.65. The summed E-state index contributed by atoms with van der Waals surface area (Å²) in [4.78, 5) is 10.3. The van der Waals surface area contributed by atoms with Gasteiger partial charge in [0.2, 0.25) is 0 Å². The van der Waals surface area contributed by atoms with Gasteiger partial charge in [0.15, 0.2) is 0 Å². The Hall–Kier alpha value is -1.16. The molecule has 100 valence electrons. The summed E-state index contributed by atoms with van der Waals surface area (Å²) >= 11 is 6.21. The molecule has 0 spiro atoms. The summed E-state index contributed by atoms with van der Waals surface area (Å²) in [5.74, 6) is -0.461. The smallest absolute Gasteiger partial charge is 0.258 e. The van der Waals surface area contributed by atoms with Gasteiger partial charge in [0.25, 0.3) is 5.69 Å². The standard InChI is InChI=1S/C13H17ClFNO2/c1-13(2,3)12(14)7-4-9-8-10(15)5-6-11(9)16(17)18/h5-6,8,12H,4,7H2,1-3H3. The summed E-state index contributed by atoms with van der Waals surface area (Å²) in [5, 5.41) is 10.7. The molecule has 1 unspecified atom stereocenters. The third-order valence-electron chi connectivity index (χ3n) is 2.85. The number of halogens is 2. The predicted octanol–water partition coefficient (Wildman–Crippen LogP) is 4.32. The highest BCUT2D eigenvalue weighted by Crippen LogP contribution is 2.30. The monoisotopic (exact) mass is 273 g/mol. The topological polar surface area (TPSA) is 43.1 Å². The van der Waals surface area contributed by atoms with E-state index in [2.05, 4.69) is 0 Å². The molecule has 0 saturated heterocycles. The van der Waals surface area contributed by atoms with Gasteiger partial charge in [-0.15, -0.1) is 11.6 Å². The first-order valence-corrected chi connectivity index (χ1v) is 6.22. The van der Waals surface area contributed by atoms with Crippen molar-refractivity contribution in [3.63, 3.8) is 0 Å². The Morgan fingerprint density at radius 1 is 1.44 bits per heavy atom. The molecule has 0 heterocycles. The van der Waals surface area contributed by atoms with Gasteiger partial charge in [-0.1, -0.05) is 20.8 Å². The Bertz CT molecular complexity index is 443. The van der Waals surface area contributed by atoms with Crippen molar-refractivity contribution in [2.75, 3.05) is 0 Å². The first kappa shape index (κ1) is 14.9. The Morgan fingerprint density at radius 3 is 2.56 bits per heavy atom. The fourth-order valence-corrected chi connectivity index (χ4v) is 1.76. The van der Waals surface area contributed by atoms with Crippen LogP contribution < -0.4 is 0 Å². The van der Waals surface area contributed by atoms with Gasteiger partial charge in [-0.3, -0.25) is 10.1 Å². The molecule has 0 aliphatic rings. The van der Waals surface area contributed by atoms with Crippen LogP contribution in [0.2, 0.25) is 0 Å². The average Bonchev–Trinajstić information content (AvgIpc) is 2.24. The molecule has 1 aromatic carbocycles. The Labute approximate surface area is 111 Å². The minimum atomic E-state index is -0.491. The Balaban J connectivity index is 2.84. The van der Waals surface area contributed by atoms with E-state index in [0.717, 1.165) is 6.07 Å². The van der Waals surface area contributed by atoms with Gasteiger partial charge in [-0.2, -0.15) is 0 Å². The summed E-state index contributed by atoms with van der Waals surface area (Å²) < 4.78 is 13.1. The number of benzene rings is 1. The molecule has 0 fully saturated rings. The highest BCUT2D eigenvalue weighted by atomic mass is 35.5. The van der Waals surface area contributed by atoms with E-state index in [4.69, 9.17) is 11.6 Å². The highest BCUT2D eigenvalue weighted by Gasteiger charge is 2.23. The molecule has 0 aliphatic heterocycles. The maximum atomic E-state index is 13.1. The zero-order chi connectivity index (χ0) is 13.9. The summed E-state index contributed by atoms with van der Waals surface area (Å²) in [6.07, 6.45) is 0.981. The van der Waals surface area contributed by atoms with E-state index in [-0.39, 0.29) is 16.5 Å². The molecule has 5 heteroatoms. The van der Waals surface area contributed by atoms with Crippen LogP contribution in [0.1, 0.15) is 32.8 Å². The highest BCUT2D eigenvalue weighted by molar-refractivity contribution is 6.21. The van der Waals surface area contributed by atoms with Crippen LogP contribution in [0.3, 0.4) is 0 Å². The van der Waals surface area contributed by atoms with Gasteiger partial charge in [0.05, 0.1) is 4.92 Å². The van der Waals surface area contributed by atoms with Crippen molar-refractivity contribution in [3.05, 3.63) is 39.7 Å². The van der Waals surface area contributed by atoms with E-state index in [1.807, 2.05) is 20.8 Å². The number of alkyl halides is 1.